The molecule has 0 unspecified atom stereocenters. The van der Waals surface area contributed by atoms with E-state index in [0.717, 1.165) is 39.7 Å². The Labute approximate surface area is 147 Å². The van der Waals surface area contributed by atoms with Gasteiger partial charge < -0.3 is 10.6 Å². The summed E-state index contributed by atoms with van der Waals surface area (Å²) in [6, 6.07) is 10.1. The molecule has 0 fully saturated rings. The van der Waals surface area contributed by atoms with E-state index in [9.17, 15) is 0 Å². The van der Waals surface area contributed by atoms with E-state index in [2.05, 4.69) is 31.7 Å². The van der Waals surface area contributed by atoms with Crippen molar-refractivity contribution in [1.29, 1.82) is 0 Å². The van der Waals surface area contributed by atoms with Crippen LogP contribution in [-0.2, 0) is 0 Å². The first-order valence-electron chi connectivity index (χ1n) is 7.09. The van der Waals surface area contributed by atoms with Gasteiger partial charge in [0.15, 0.2) is 10.3 Å². The maximum atomic E-state index is 4.56. The van der Waals surface area contributed by atoms with Crippen molar-refractivity contribution >= 4 is 56.0 Å². The molecule has 23 heavy (non-hydrogen) atoms. The zero-order valence-corrected chi connectivity index (χ0v) is 15.3. The van der Waals surface area contributed by atoms with Crippen LogP contribution >= 0.6 is 34.9 Å². The fourth-order valence-corrected chi connectivity index (χ4v) is 3.73. The number of hydrogen-bond acceptors (Lipinski definition) is 8. The van der Waals surface area contributed by atoms with Crippen LogP contribution in [0.2, 0.25) is 0 Å². The van der Waals surface area contributed by atoms with Crippen molar-refractivity contribution < 1.29 is 0 Å². The highest BCUT2D eigenvalue weighted by Gasteiger charge is 2.04. The van der Waals surface area contributed by atoms with Crippen molar-refractivity contribution in [2.45, 2.75) is 10.2 Å². The Kier molecular flexibility index (Phi) is 5.58. The predicted octanol–water partition coefficient (Wildman–Crippen LogP) is 4.05. The van der Waals surface area contributed by atoms with Crippen LogP contribution < -0.4 is 10.6 Å². The van der Waals surface area contributed by atoms with Gasteiger partial charge in [-0.25, -0.2) is 15.0 Å². The Hall–Kier alpha value is -1.51. The fraction of sp³-hybridized carbons (Fsp3) is 0.267. The number of rotatable bonds is 7. The minimum absolute atomic E-state index is 0.772. The maximum Gasteiger partial charge on any atom is 0.190 e. The van der Waals surface area contributed by atoms with E-state index < -0.39 is 0 Å². The number of thioether (sulfide) groups is 2. The molecule has 5 nitrogen and oxygen atoms in total. The second-order valence-corrected chi connectivity index (χ2v) is 7.25. The second-order valence-electron chi connectivity index (χ2n) is 4.62. The van der Waals surface area contributed by atoms with E-state index in [0.29, 0.717) is 0 Å². The van der Waals surface area contributed by atoms with Crippen molar-refractivity contribution in [3.05, 3.63) is 30.3 Å². The molecule has 0 spiro atoms. The quantitative estimate of drug-likeness (QED) is 0.284. The lowest BCUT2D eigenvalue weighted by Gasteiger charge is -2.08. The first kappa shape index (κ1) is 16.4. The van der Waals surface area contributed by atoms with Gasteiger partial charge in [-0.15, -0.1) is 11.8 Å². The van der Waals surface area contributed by atoms with Crippen molar-refractivity contribution in [3.63, 3.8) is 0 Å². The topological polar surface area (TPSA) is 62.7 Å². The van der Waals surface area contributed by atoms with Crippen molar-refractivity contribution in [2.24, 2.45) is 0 Å². The molecule has 0 aliphatic rings. The number of nitrogens with one attached hydrogen (secondary N) is 2. The third kappa shape index (κ3) is 4.27. The predicted molar refractivity (Wildman–Crippen MR) is 102 cm³/mol. The minimum atomic E-state index is 0.772. The Morgan fingerprint density at radius 1 is 1.00 bits per heavy atom. The summed E-state index contributed by atoms with van der Waals surface area (Å²) in [4.78, 5) is 13.4. The van der Waals surface area contributed by atoms with E-state index in [1.54, 1.807) is 34.9 Å². The Morgan fingerprint density at radius 2 is 1.83 bits per heavy atom. The lowest BCUT2D eigenvalue weighted by Crippen LogP contribution is -2.14. The van der Waals surface area contributed by atoms with Crippen LogP contribution in [0.3, 0.4) is 0 Å². The summed E-state index contributed by atoms with van der Waals surface area (Å²) in [6.45, 7) is 1.56. The van der Waals surface area contributed by atoms with Gasteiger partial charge in [0.05, 0.1) is 10.2 Å². The largest absolute Gasteiger partial charge is 0.368 e. The number of anilines is 2. The summed E-state index contributed by atoms with van der Waals surface area (Å²) in [7, 11) is 0. The van der Waals surface area contributed by atoms with E-state index in [-0.39, 0.29) is 0 Å². The number of hydrogen-bond donors (Lipinski definition) is 2. The van der Waals surface area contributed by atoms with Crippen LogP contribution in [0.15, 0.2) is 40.5 Å². The van der Waals surface area contributed by atoms with Gasteiger partial charge in [-0.05, 0) is 24.6 Å². The number of para-hydroxylation sites is 1. The van der Waals surface area contributed by atoms with E-state index in [1.807, 2.05) is 36.8 Å². The summed E-state index contributed by atoms with van der Waals surface area (Å²) < 4.78 is 1.20. The smallest absolute Gasteiger partial charge is 0.190 e. The molecule has 2 heterocycles. The molecule has 0 saturated carbocycles. The molecular weight excluding hydrogens is 346 g/mol. The zero-order valence-electron chi connectivity index (χ0n) is 12.9. The lowest BCUT2D eigenvalue weighted by atomic mass is 10.3. The molecule has 0 atom stereocenters. The SMILES string of the molecule is CSc1cc(NCCNc2nc3ccccc3s2)nc(SC)n1. The number of fused-ring (bicyclic) bond motifs is 1. The molecule has 0 saturated heterocycles. The van der Waals surface area contributed by atoms with Gasteiger partial charge in [-0.3, -0.25) is 0 Å². The van der Waals surface area contributed by atoms with Crippen molar-refractivity contribution in [1.82, 2.24) is 15.0 Å². The molecule has 2 N–H and O–H groups in total. The molecular formula is C15H17N5S3. The second kappa shape index (κ2) is 7.85. The monoisotopic (exact) mass is 363 g/mol. The average Bonchev–Trinajstić information content (AvgIpc) is 3.01. The van der Waals surface area contributed by atoms with Crippen molar-refractivity contribution in [3.8, 4) is 0 Å². The molecule has 8 heteroatoms. The number of nitrogens with zero attached hydrogens (tertiary/aromatic N) is 3. The highest BCUT2D eigenvalue weighted by molar-refractivity contribution is 7.99. The third-order valence-corrected chi connectivity index (χ3v) is 5.24. The Morgan fingerprint density at radius 3 is 2.61 bits per heavy atom. The molecule has 120 valence electrons. The molecule has 0 radical (unpaired) electrons. The number of thiazole rings is 1. The van der Waals surface area contributed by atoms with Crippen molar-refractivity contribution in [2.75, 3.05) is 36.2 Å². The summed E-state index contributed by atoms with van der Waals surface area (Å²) in [6.07, 6.45) is 4.00. The Balaban J connectivity index is 1.55. The van der Waals surface area contributed by atoms with Gasteiger partial charge >= 0.3 is 0 Å². The zero-order chi connectivity index (χ0) is 16.1. The first-order chi connectivity index (χ1) is 11.3. The number of benzene rings is 1. The third-order valence-electron chi connectivity index (χ3n) is 3.08. The maximum absolute atomic E-state index is 4.56. The van der Waals surface area contributed by atoms with Crippen LogP contribution in [-0.4, -0.2) is 40.6 Å². The summed E-state index contributed by atoms with van der Waals surface area (Å²) >= 11 is 4.85. The summed E-state index contributed by atoms with van der Waals surface area (Å²) in [5.41, 5.74) is 1.04. The molecule has 2 aromatic heterocycles. The van der Waals surface area contributed by atoms with Crippen LogP contribution in [0, 0.1) is 0 Å². The Bertz CT molecular complexity index is 734. The van der Waals surface area contributed by atoms with Gasteiger partial charge in [0.1, 0.15) is 10.8 Å². The van der Waals surface area contributed by atoms with E-state index in [4.69, 9.17) is 0 Å². The molecule has 0 bridgehead atoms. The standard InChI is InChI=1S/C15H17N5S3/c1-21-13-9-12(19-15(20-13)22-2)16-7-8-17-14-18-10-5-3-4-6-11(10)23-14/h3-6,9H,7-8H2,1-2H3,(H,17,18)(H,16,19,20). The van der Waals surface area contributed by atoms with Gasteiger partial charge in [0, 0.05) is 19.2 Å². The molecule has 1 aromatic carbocycles. The van der Waals surface area contributed by atoms with Crippen LogP contribution in [0.4, 0.5) is 10.9 Å². The highest BCUT2D eigenvalue weighted by atomic mass is 32.2. The molecule has 3 aromatic rings. The van der Waals surface area contributed by atoms with E-state index in [1.165, 1.54) is 4.70 Å². The normalized spacial score (nSPS) is 10.9. The van der Waals surface area contributed by atoms with E-state index >= 15 is 0 Å². The first-order valence-corrected chi connectivity index (χ1v) is 10.4. The lowest BCUT2D eigenvalue weighted by molar-refractivity contribution is 0.889. The number of aromatic nitrogens is 3. The van der Waals surface area contributed by atoms with Gasteiger partial charge in [0.2, 0.25) is 0 Å². The fourth-order valence-electron chi connectivity index (χ4n) is 2.00. The molecule has 3 rings (SSSR count). The molecule has 0 amide bonds. The van der Waals surface area contributed by atoms with Crippen LogP contribution in [0.25, 0.3) is 10.2 Å². The van der Waals surface area contributed by atoms with Crippen LogP contribution in [0.1, 0.15) is 0 Å². The summed E-state index contributed by atoms with van der Waals surface area (Å²) in [5, 5.41) is 9.40. The minimum Gasteiger partial charge on any atom is -0.368 e. The average molecular weight is 364 g/mol. The van der Waals surface area contributed by atoms with Crippen LogP contribution in [0.5, 0.6) is 0 Å². The van der Waals surface area contributed by atoms with Gasteiger partial charge in [-0.2, -0.15) is 0 Å². The molecule has 0 aliphatic carbocycles. The highest BCUT2D eigenvalue weighted by Crippen LogP contribution is 2.25. The van der Waals surface area contributed by atoms with Gasteiger partial charge in [0.25, 0.3) is 0 Å². The summed E-state index contributed by atoms with van der Waals surface area (Å²) in [5.74, 6) is 0.861. The molecule has 0 aliphatic heterocycles. The van der Waals surface area contributed by atoms with Gasteiger partial charge in [-0.1, -0.05) is 35.2 Å².